The molecule has 0 aliphatic rings. The topological polar surface area (TPSA) is 77.4 Å². The summed E-state index contributed by atoms with van der Waals surface area (Å²) in [6, 6.07) is 0.964. The lowest BCUT2D eigenvalue weighted by atomic mass is 10.1. The lowest BCUT2D eigenvalue weighted by Crippen LogP contribution is -2.51. The Labute approximate surface area is 152 Å². The van der Waals surface area contributed by atoms with E-state index in [2.05, 4.69) is 0 Å². The van der Waals surface area contributed by atoms with Crippen molar-refractivity contribution in [3.63, 3.8) is 0 Å². The van der Waals surface area contributed by atoms with Gasteiger partial charge in [-0.05, 0) is 52.4 Å². The molecule has 0 rings (SSSR count). The molecule has 0 radical (unpaired) electrons. The predicted octanol–water partition coefficient (Wildman–Crippen LogP) is 2.52. The first-order valence-electron chi connectivity index (χ1n) is 9.22. The fourth-order valence-corrected chi connectivity index (χ4v) is 8.50. The van der Waals surface area contributed by atoms with Crippen molar-refractivity contribution in [2.75, 3.05) is 13.2 Å². The van der Waals surface area contributed by atoms with Crippen molar-refractivity contribution >= 4 is 27.1 Å². The molecule has 9 heteroatoms. The standard InChI is InChI=1S/C15H38O6Si3/c1-6-18-15(19-7-2)13-11-9-8-10-12-14-22-20-24(16,17)21-23(3,4)5/h15-17H,6-14,22H2,1-5H3. The van der Waals surface area contributed by atoms with Gasteiger partial charge in [0.15, 0.2) is 24.4 Å². The van der Waals surface area contributed by atoms with E-state index >= 15 is 0 Å². The fraction of sp³-hybridized carbons (Fsp3) is 1.00. The monoisotopic (exact) mass is 398 g/mol. The van der Waals surface area contributed by atoms with Crippen LogP contribution < -0.4 is 0 Å². The smallest absolute Gasteiger partial charge is 0.400 e. The van der Waals surface area contributed by atoms with Crippen LogP contribution in [0.1, 0.15) is 52.4 Å². The molecule has 24 heavy (non-hydrogen) atoms. The highest BCUT2D eigenvalue weighted by molar-refractivity contribution is 6.78. The first-order valence-corrected chi connectivity index (χ1v) is 15.9. The molecule has 0 unspecified atom stereocenters. The summed E-state index contributed by atoms with van der Waals surface area (Å²) < 4.78 is 21.7. The van der Waals surface area contributed by atoms with Crippen LogP contribution in [0.2, 0.25) is 25.7 Å². The highest BCUT2D eigenvalue weighted by Gasteiger charge is 2.40. The molecule has 0 bridgehead atoms. The number of rotatable bonds is 16. The summed E-state index contributed by atoms with van der Waals surface area (Å²) in [6.07, 6.45) is 6.62. The van der Waals surface area contributed by atoms with E-state index in [0.717, 1.165) is 31.7 Å². The van der Waals surface area contributed by atoms with Gasteiger partial charge in [0.05, 0.1) is 0 Å². The molecular formula is C15H38O6Si3. The van der Waals surface area contributed by atoms with Gasteiger partial charge < -0.3 is 27.3 Å². The minimum absolute atomic E-state index is 0.0561. The van der Waals surface area contributed by atoms with Crippen LogP contribution in [0.4, 0.5) is 0 Å². The van der Waals surface area contributed by atoms with E-state index in [0.29, 0.717) is 13.2 Å². The zero-order valence-corrected chi connectivity index (χ0v) is 19.6. The highest BCUT2D eigenvalue weighted by Crippen LogP contribution is 2.13. The maximum absolute atomic E-state index is 9.76. The Balaban J connectivity index is 3.54. The fourth-order valence-electron chi connectivity index (χ4n) is 2.34. The third kappa shape index (κ3) is 15.9. The van der Waals surface area contributed by atoms with E-state index in [4.69, 9.17) is 17.7 Å². The van der Waals surface area contributed by atoms with E-state index in [1.165, 1.54) is 12.8 Å². The largest absolute Gasteiger partial charge is 0.652 e. The van der Waals surface area contributed by atoms with Crippen molar-refractivity contribution < 1.29 is 27.3 Å². The minimum Gasteiger partial charge on any atom is -0.400 e. The quantitative estimate of drug-likeness (QED) is 0.236. The van der Waals surface area contributed by atoms with E-state index in [1.54, 1.807) is 0 Å². The van der Waals surface area contributed by atoms with E-state index in [9.17, 15) is 9.59 Å². The molecule has 0 amide bonds. The Bertz CT molecular complexity index is 293. The Kier molecular flexibility index (Phi) is 13.8. The normalized spacial score (nSPS) is 13.5. The minimum atomic E-state index is -3.85. The molecule has 0 aromatic carbocycles. The van der Waals surface area contributed by atoms with Gasteiger partial charge in [0.25, 0.3) is 0 Å². The lowest BCUT2D eigenvalue weighted by Gasteiger charge is -2.25. The molecule has 0 saturated heterocycles. The van der Waals surface area contributed by atoms with Crippen LogP contribution in [0.15, 0.2) is 0 Å². The molecule has 0 aromatic rings. The molecule has 0 fully saturated rings. The zero-order chi connectivity index (χ0) is 18.5. The molecule has 6 nitrogen and oxygen atoms in total. The average Bonchev–Trinajstić information content (AvgIpc) is 2.43. The summed E-state index contributed by atoms with van der Waals surface area (Å²) in [5.74, 6) is 0. The molecule has 0 aliphatic carbocycles. The van der Waals surface area contributed by atoms with Crippen molar-refractivity contribution in [1.82, 2.24) is 0 Å². The lowest BCUT2D eigenvalue weighted by molar-refractivity contribution is -0.140. The van der Waals surface area contributed by atoms with Crippen molar-refractivity contribution in [3.8, 4) is 0 Å². The molecule has 0 atom stereocenters. The molecule has 2 N–H and O–H groups in total. The van der Waals surface area contributed by atoms with Crippen LogP contribution in [-0.4, -0.2) is 56.2 Å². The second kappa shape index (κ2) is 13.6. The van der Waals surface area contributed by atoms with Gasteiger partial charge in [0, 0.05) is 13.2 Å². The molecule has 0 spiro atoms. The van der Waals surface area contributed by atoms with Crippen molar-refractivity contribution in [1.29, 1.82) is 0 Å². The summed E-state index contributed by atoms with van der Waals surface area (Å²) >= 11 is 0. The van der Waals surface area contributed by atoms with Gasteiger partial charge in [-0.25, -0.2) is 0 Å². The number of hydrogen-bond acceptors (Lipinski definition) is 6. The second-order valence-electron chi connectivity index (χ2n) is 6.86. The first kappa shape index (κ1) is 24.4. The number of ether oxygens (including phenoxy) is 2. The molecule has 146 valence electrons. The van der Waals surface area contributed by atoms with Crippen LogP contribution >= 0.6 is 0 Å². The van der Waals surface area contributed by atoms with Crippen LogP contribution in [0, 0.1) is 0 Å². The summed E-state index contributed by atoms with van der Waals surface area (Å²) in [7, 11) is -6.73. The first-order chi connectivity index (χ1) is 11.2. The van der Waals surface area contributed by atoms with Gasteiger partial charge in [-0.1, -0.05) is 25.7 Å². The van der Waals surface area contributed by atoms with Gasteiger partial charge in [-0.2, -0.15) is 0 Å². The Morgan fingerprint density at radius 2 is 1.42 bits per heavy atom. The van der Waals surface area contributed by atoms with Crippen molar-refractivity contribution in [2.24, 2.45) is 0 Å². The molecule has 0 aliphatic heterocycles. The molecular weight excluding hydrogens is 360 g/mol. The Morgan fingerprint density at radius 1 is 0.875 bits per heavy atom. The van der Waals surface area contributed by atoms with Gasteiger partial charge in [-0.15, -0.1) is 0 Å². The Morgan fingerprint density at radius 3 is 1.96 bits per heavy atom. The van der Waals surface area contributed by atoms with Gasteiger partial charge in [-0.3, -0.25) is 0 Å². The predicted molar refractivity (Wildman–Crippen MR) is 104 cm³/mol. The molecule has 0 saturated carbocycles. The highest BCUT2D eigenvalue weighted by atomic mass is 28.5. The number of unbranched alkanes of at least 4 members (excludes halogenated alkanes) is 4. The van der Waals surface area contributed by atoms with Gasteiger partial charge in [0.2, 0.25) is 0 Å². The van der Waals surface area contributed by atoms with Crippen molar-refractivity contribution in [2.45, 2.75) is 84.3 Å². The summed E-state index contributed by atoms with van der Waals surface area (Å²) in [4.78, 5) is 19.5. The second-order valence-corrected chi connectivity index (χ2v) is 15.3. The van der Waals surface area contributed by atoms with Crippen molar-refractivity contribution in [3.05, 3.63) is 0 Å². The van der Waals surface area contributed by atoms with Gasteiger partial charge in [0.1, 0.15) is 0 Å². The van der Waals surface area contributed by atoms with Gasteiger partial charge >= 0.3 is 9.05 Å². The van der Waals surface area contributed by atoms with E-state index < -0.39 is 27.1 Å². The zero-order valence-electron chi connectivity index (χ0n) is 16.2. The molecule has 0 aromatic heterocycles. The van der Waals surface area contributed by atoms with Crippen LogP contribution in [0.5, 0.6) is 0 Å². The van der Waals surface area contributed by atoms with Crippen LogP contribution in [0.3, 0.4) is 0 Å². The molecule has 0 heterocycles. The Hall–Kier alpha value is 0.411. The third-order valence-electron chi connectivity index (χ3n) is 3.27. The summed E-state index contributed by atoms with van der Waals surface area (Å²) in [5.41, 5.74) is 0. The summed E-state index contributed by atoms with van der Waals surface area (Å²) in [6.45, 7) is 11.1. The summed E-state index contributed by atoms with van der Waals surface area (Å²) in [5, 5.41) is 0. The maximum Gasteiger partial charge on any atom is 0.652 e. The SMILES string of the molecule is CCOC(CCCCCCC[SiH2]O[Si](O)(O)O[Si](C)(C)C)OCC. The number of hydrogen-bond donors (Lipinski definition) is 2. The van der Waals surface area contributed by atoms with E-state index in [-0.39, 0.29) is 6.29 Å². The maximum atomic E-state index is 9.76. The third-order valence-corrected chi connectivity index (χ3v) is 9.89. The average molecular weight is 399 g/mol. The van der Waals surface area contributed by atoms with Crippen LogP contribution in [-0.2, 0) is 17.7 Å². The van der Waals surface area contributed by atoms with Crippen LogP contribution in [0.25, 0.3) is 0 Å². The van der Waals surface area contributed by atoms with E-state index in [1.807, 2.05) is 33.5 Å².